The molecule has 3 aliphatic rings. The molecule has 6 nitrogen and oxygen atoms in total. The third-order valence-corrected chi connectivity index (χ3v) is 8.57. The zero-order valence-corrected chi connectivity index (χ0v) is 21.3. The summed E-state index contributed by atoms with van der Waals surface area (Å²) >= 11 is 1.59. The number of hydrogen-bond donors (Lipinski definition) is 1. The van der Waals surface area contributed by atoms with Crippen LogP contribution in [0.1, 0.15) is 53.2 Å². The molecule has 2 aromatic heterocycles. The molecule has 190 valence electrons. The molecule has 0 atom stereocenters. The van der Waals surface area contributed by atoms with Gasteiger partial charge < -0.3 is 15.1 Å². The SMILES string of the molecule is Cc1ncc(CC(=O)NC2CCC(CCN3CCc4ccc(N5CC(F)(F)C5)nc4CC3)CC2)s1. The van der Waals surface area contributed by atoms with Crippen LogP contribution in [-0.4, -0.2) is 65.5 Å². The van der Waals surface area contributed by atoms with E-state index >= 15 is 0 Å². The van der Waals surface area contributed by atoms with Crippen LogP contribution in [0.3, 0.4) is 0 Å². The number of nitrogens with zero attached hydrogens (tertiary/aromatic N) is 4. The molecule has 1 saturated carbocycles. The summed E-state index contributed by atoms with van der Waals surface area (Å²) in [6.07, 6.45) is 9.75. The summed E-state index contributed by atoms with van der Waals surface area (Å²) in [6, 6.07) is 4.29. The third-order valence-electron chi connectivity index (χ3n) is 7.65. The van der Waals surface area contributed by atoms with Crippen molar-refractivity contribution in [3.05, 3.63) is 39.5 Å². The molecule has 1 aliphatic carbocycles. The normalized spacial score (nSPS) is 24.4. The van der Waals surface area contributed by atoms with Gasteiger partial charge in [-0.25, -0.2) is 18.7 Å². The van der Waals surface area contributed by atoms with Crippen molar-refractivity contribution in [1.82, 2.24) is 20.2 Å². The number of pyridine rings is 1. The summed E-state index contributed by atoms with van der Waals surface area (Å²) < 4.78 is 26.5. The molecule has 9 heteroatoms. The lowest BCUT2D eigenvalue weighted by molar-refractivity contribution is -0.121. The van der Waals surface area contributed by atoms with Crippen molar-refractivity contribution in [3.8, 4) is 0 Å². The molecule has 0 aromatic carbocycles. The van der Waals surface area contributed by atoms with E-state index in [1.165, 1.54) is 24.8 Å². The number of carbonyl (C=O) groups is 1. The molecule has 5 rings (SSSR count). The highest BCUT2D eigenvalue weighted by Gasteiger charge is 2.44. The Hall–Kier alpha value is -2.13. The maximum absolute atomic E-state index is 13.2. The molecule has 1 N–H and O–H groups in total. The molecule has 35 heavy (non-hydrogen) atoms. The molecule has 0 spiro atoms. The van der Waals surface area contributed by atoms with Gasteiger partial charge in [0.1, 0.15) is 5.82 Å². The highest BCUT2D eigenvalue weighted by molar-refractivity contribution is 7.11. The molecule has 2 aromatic rings. The summed E-state index contributed by atoms with van der Waals surface area (Å²) in [5.41, 5.74) is 2.33. The smallest absolute Gasteiger partial charge is 0.282 e. The van der Waals surface area contributed by atoms with Crippen LogP contribution in [0.5, 0.6) is 0 Å². The number of halogens is 2. The van der Waals surface area contributed by atoms with Crippen LogP contribution in [-0.2, 0) is 24.1 Å². The molecular formula is C26H35F2N5OS. The van der Waals surface area contributed by atoms with Crippen molar-refractivity contribution in [2.75, 3.05) is 37.6 Å². The van der Waals surface area contributed by atoms with E-state index in [1.807, 2.05) is 13.0 Å². The summed E-state index contributed by atoms with van der Waals surface area (Å²) in [7, 11) is 0. The second kappa shape index (κ2) is 10.5. The Morgan fingerprint density at radius 2 is 1.94 bits per heavy atom. The van der Waals surface area contributed by atoms with Gasteiger partial charge in [-0.15, -0.1) is 11.3 Å². The maximum atomic E-state index is 13.2. The van der Waals surface area contributed by atoms with Crippen LogP contribution in [0.25, 0.3) is 0 Å². The van der Waals surface area contributed by atoms with Crippen LogP contribution >= 0.6 is 11.3 Å². The number of alkyl halides is 2. The van der Waals surface area contributed by atoms with Crippen LogP contribution < -0.4 is 10.2 Å². The van der Waals surface area contributed by atoms with Crippen molar-refractivity contribution in [2.24, 2.45) is 5.92 Å². The second-order valence-electron chi connectivity index (χ2n) is 10.4. The molecular weight excluding hydrogens is 468 g/mol. The van der Waals surface area contributed by atoms with Gasteiger partial charge in [0, 0.05) is 42.3 Å². The summed E-state index contributed by atoms with van der Waals surface area (Å²) in [5, 5.41) is 4.23. The Morgan fingerprint density at radius 1 is 1.17 bits per heavy atom. The van der Waals surface area contributed by atoms with E-state index in [9.17, 15) is 13.6 Å². The molecule has 4 heterocycles. The number of anilines is 1. The number of amides is 1. The Balaban J connectivity index is 1.02. The topological polar surface area (TPSA) is 61.4 Å². The van der Waals surface area contributed by atoms with Gasteiger partial charge in [-0.2, -0.15) is 0 Å². The third kappa shape index (κ3) is 6.36. The van der Waals surface area contributed by atoms with E-state index in [0.717, 1.165) is 66.8 Å². The first-order valence-corrected chi connectivity index (χ1v) is 13.7. The quantitative estimate of drug-likeness (QED) is 0.619. The van der Waals surface area contributed by atoms with Crippen molar-refractivity contribution in [3.63, 3.8) is 0 Å². The van der Waals surface area contributed by atoms with Gasteiger partial charge in [-0.3, -0.25) is 4.79 Å². The number of nitrogens with one attached hydrogen (secondary N) is 1. The molecule has 1 amide bonds. The number of rotatable bonds is 7. The molecule has 1 saturated heterocycles. The Morgan fingerprint density at radius 3 is 2.66 bits per heavy atom. The number of carbonyl (C=O) groups excluding carboxylic acids is 1. The van der Waals surface area contributed by atoms with Gasteiger partial charge >= 0.3 is 0 Å². The predicted octanol–water partition coefficient (Wildman–Crippen LogP) is 4.01. The largest absolute Gasteiger partial charge is 0.353 e. The van der Waals surface area contributed by atoms with Crippen molar-refractivity contribution >= 4 is 23.1 Å². The minimum atomic E-state index is -2.57. The Bertz CT molecular complexity index is 1030. The number of thiazole rings is 1. The lowest BCUT2D eigenvalue weighted by atomic mass is 9.84. The van der Waals surface area contributed by atoms with E-state index in [-0.39, 0.29) is 19.0 Å². The first-order chi connectivity index (χ1) is 16.8. The number of aromatic nitrogens is 2. The van der Waals surface area contributed by atoms with E-state index in [4.69, 9.17) is 4.98 Å². The number of hydrogen-bond acceptors (Lipinski definition) is 6. The van der Waals surface area contributed by atoms with Crippen LogP contribution in [0.15, 0.2) is 18.3 Å². The predicted molar refractivity (Wildman–Crippen MR) is 134 cm³/mol. The van der Waals surface area contributed by atoms with E-state index in [0.29, 0.717) is 18.3 Å². The van der Waals surface area contributed by atoms with Crippen molar-refractivity contribution < 1.29 is 13.6 Å². The molecule has 0 bridgehead atoms. The molecule has 2 aliphatic heterocycles. The molecule has 2 fully saturated rings. The average molecular weight is 504 g/mol. The zero-order valence-electron chi connectivity index (χ0n) is 20.4. The number of aryl methyl sites for hydroxylation is 1. The van der Waals surface area contributed by atoms with Gasteiger partial charge in [0.05, 0.1) is 24.5 Å². The first-order valence-electron chi connectivity index (χ1n) is 12.9. The summed E-state index contributed by atoms with van der Waals surface area (Å²) in [5.74, 6) is -1.05. The van der Waals surface area contributed by atoms with E-state index in [2.05, 4.69) is 21.3 Å². The second-order valence-corrected chi connectivity index (χ2v) is 11.7. The van der Waals surface area contributed by atoms with Crippen LogP contribution in [0, 0.1) is 12.8 Å². The van der Waals surface area contributed by atoms with Crippen LogP contribution in [0.4, 0.5) is 14.6 Å². The zero-order chi connectivity index (χ0) is 24.4. The standard InChI is InChI=1S/C26H35F2N5OS/c1-18-29-15-22(35-18)14-25(34)30-21-5-2-19(3-6-21)8-11-32-12-9-20-4-7-24(31-23(20)10-13-32)33-16-26(27,28)17-33/h4,7,15,19,21H,2-3,5-6,8-14,16-17H2,1H3,(H,30,34). The van der Waals surface area contributed by atoms with Crippen molar-refractivity contribution in [1.29, 1.82) is 0 Å². The maximum Gasteiger partial charge on any atom is 0.282 e. The monoisotopic (exact) mass is 503 g/mol. The van der Waals surface area contributed by atoms with Gasteiger partial charge in [0.2, 0.25) is 5.91 Å². The lowest BCUT2D eigenvalue weighted by Gasteiger charge is -2.39. The molecule has 0 unspecified atom stereocenters. The van der Waals surface area contributed by atoms with E-state index < -0.39 is 5.92 Å². The van der Waals surface area contributed by atoms with Gasteiger partial charge in [0.15, 0.2) is 0 Å². The Labute approximate surface area is 210 Å². The van der Waals surface area contributed by atoms with Crippen molar-refractivity contribution in [2.45, 2.75) is 70.3 Å². The minimum absolute atomic E-state index is 0.112. The minimum Gasteiger partial charge on any atom is -0.353 e. The molecule has 0 radical (unpaired) electrons. The fourth-order valence-corrected chi connectivity index (χ4v) is 6.37. The highest BCUT2D eigenvalue weighted by atomic mass is 32.1. The van der Waals surface area contributed by atoms with Gasteiger partial charge in [-0.05, 0) is 69.5 Å². The van der Waals surface area contributed by atoms with Crippen LogP contribution in [0.2, 0.25) is 0 Å². The first kappa shape index (κ1) is 24.6. The van der Waals surface area contributed by atoms with E-state index in [1.54, 1.807) is 22.4 Å². The Kier molecular flexibility index (Phi) is 7.34. The summed E-state index contributed by atoms with van der Waals surface area (Å²) in [6.45, 7) is 4.61. The van der Waals surface area contributed by atoms with Gasteiger partial charge in [-0.1, -0.05) is 6.07 Å². The highest BCUT2D eigenvalue weighted by Crippen LogP contribution is 2.32. The van der Waals surface area contributed by atoms with Gasteiger partial charge in [0.25, 0.3) is 5.92 Å². The fraction of sp³-hybridized carbons (Fsp3) is 0.654. The number of fused-ring (bicyclic) bond motifs is 1. The fourth-order valence-electron chi connectivity index (χ4n) is 5.58. The lowest BCUT2D eigenvalue weighted by Crippen LogP contribution is -2.56. The summed E-state index contributed by atoms with van der Waals surface area (Å²) in [4.78, 5) is 26.5. The average Bonchev–Trinajstić information content (AvgIpc) is 3.10.